The van der Waals surface area contributed by atoms with E-state index in [0.29, 0.717) is 0 Å². The van der Waals surface area contributed by atoms with E-state index in [1.807, 2.05) is 0 Å². The van der Waals surface area contributed by atoms with Crippen LogP contribution >= 0.6 is 0 Å². The number of hydrogen-bond acceptors (Lipinski definition) is 4. The molecular formula is C7H5F6N3O. The fourth-order valence-electron chi connectivity index (χ4n) is 0.853. The second kappa shape index (κ2) is 4.26. The molecule has 0 spiro atoms. The van der Waals surface area contributed by atoms with E-state index in [2.05, 4.69) is 20.0 Å². The highest BCUT2D eigenvalue weighted by Gasteiger charge is 2.36. The highest BCUT2D eigenvalue weighted by molar-refractivity contribution is 5.31. The van der Waals surface area contributed by atoms with Gasteiger partial charge in [0.25, 0.3) is 0 Å². The molecule has 0 aliphatic rings. The lowest BCUT2D eigenvalue weighted by Crippen LogP contribution is -2.20. The lowest BCUT2D eigenvalue weighted by molar-refractivity contribution is -0.276. The highest BCUT2D eigenvalue weighted by Crippen LogP contribution is 2.31. The Morgan fingerprint density at radius 1 is 1.12 bits per heavy atom. The number of nitrogens with zero attached hydrogens (tertiary/aromatic N) is 2. The van der Waals surface area contributed by atoms with Gasteiger partial charge in [0.1, 0.15) is 0 Å². The predicted octanol–water partition coefficient (Wildman–Crippen LogP) is 2.44. The van der Waals surface area contributed by atoms with Crippen LogP contribution in [0, 0.1) is 0 Å². The molecule has 0 unspecified atom stereocenters. The van der Waals surface area contributed by atoms with Crippen molar-refractivity contribution in [2.24, 2.45) is 0 Å². The molecule has 1 aromatic heterocycles. The Kier molecular flexibility index (Phi) is 3.34. The van der Waals surface area contributed by atoms with Gasteiger partial charge in [-0.25, -0.2) is 4.98 Å². The summed E-state index contributed by atoms with van der Waals surface area (Å²) in [5.41, 5.74) is -1.53. The van der Waals surface area contributed by atoms with Crippen LogP contribution in [-0.2, 0) is 6.18 Å². The molecule has 0 aromatic carbocycles. The molecule has 0 saturated carbocycles. The van der Waals surface area contributed by atoms with Gasteiger partial charge in [-0.2, -0.15) is 18.2 Å². The summed E-state index contributed by atoms with van der Waals surface area (Å²) in [6.45, 7) is 0. The minimum Gasteiger partial charge on any atom is -0.388 e. The molecule has 10 heteroatoms. The lowest BCUT2D eigenvalue weighted by atomic mass is 10.4. The zero-order valence-corrected chi connectivity index (χ0v) is 8.15. The minimum absolute atomic E-state index is 0.0638. The minimum atomic E-state index is -5.12. The summed E-state index contributed by atoms with van der Waals surface area (Å²) in [5, 5.41) is 2.10. The zero-order chi connectivity index (χ0) is 13.3. The second-order valence-electron chi connectivity index (χ2n) is 2.71. The maximum absolute atomic E-state index is 12.3. The molecular weight excluding hydrogens is 256 g/mol. The van der Waals surface area contributed by atoms with Gasteiger partial charge in [-0.15, -0.1) is 13.2 Å². The van der Waals surface area contributed by atoms with Gasteiger partial charge >= 0.3 is 12.5 Å². The van der Waals surface area contributed by atoms with E-state index in [4.69, 9.17) is 0 Å². The topological polar surface area (TPSA) is 47.0 Å². The van der Waals surface area contributed by atoms with Crippen LogP contribution in [0.4, 0.5) is 32.3 Å². The molecule has 4 nitrogen and oxygen atoms in total. The van der Waals surface area contributed by atoms with Crippen molar-refractivity contribution >= 4 is 5.95 Å². The average molecular weight is 261 g/mol. The van der Waals surface area contributed by atoms with Crippen molar-refractivity contribution in [2.45, 2.75) is 12.5 Å². The van der Waals surface area contributed by atoms with Crippen LogP contribution in [-0.4, -0.2) is 23.4 Å². The Morgan fingerprint density at radius 3 is 2.12 bits per heavy atom. The fourth-order valence-corrected chi connectivity index (χ4v) is 0.853. The van der Waals surface area contributed by atoms with Crippen LogP contribution in [0.25, 0.3) is 0 Å². The quantitative estimate of drug-likeness (QED) is 0.830. The van der Waals surface area contributed by atoms with Crippen LogP contribution in [0.1, 0.15) is 5.69 Å². The molecule has 1 rings (SSSR count). The summed E-state index contributed by atoms with van der Waals surface area (Å²) in [5.74, 6) is -1.86. The first kappa shape index (κ1) is 13.3. The van der Waals surface area contributed by atoms with E-state index in [-0.39, 0.29) is 6.07 Å². The Hall–Kier alpha value is -1.74. The molecule has 0 aliphatic carbocycles. The Bertz CT molecular complexity index is 402. The molecule has 0 atom stereocenters. The first-order chi connectivity index (χ1) is 7.62. The molecule has 0 bridgehead atoms. The second-order valence-corrected chi connectivity index (χ2v) is 2.71. The van der Waals surface area contributed by atoms with Gasteiger partial charge in [0.2, 0.25) is 11.8 Å². The van der Waals surface area contributed by atoms with Gasteiger partial charge in [0.05, 0.1) is 0 Å². The summed E-state index contributed by atoms with van der Waals surface area (Å²) >= 11 is 0. The van der Waals surface area contributed by atoms with Crippen LogP contribution in [0.15, 0.2) is 6.07 Å². The normalized spacial score (nSPS) is 12.4. The molecule has 0 aliphatic heterocycles. The number of ether oxygens (including phenoxy) is 1. The van der Waals surface area contributed by atoms with Crippen molar-refractivity contribution in [3.05, 3.63) is 11.8 Å². The summed E-state index contributed by atoms with van der Waals surface area (Å²) in [4.78, 5) is 6.04. The lowest BCUT2D eigenvalue weighted by Gasteiger charge is -2.11. The monoisotopic (exact) mass is 261 g/mol. The molecule has 0 amide bonds. The number of halogens is 6. The molecule has 0 fully saturated rings. The van der Waals surface area contributed by atoms with Gasteiger partial charge < -0.3 is 10.1 Å². The molecule has 0 radical (unpaired) electrons. The third-order valence-electron chi connectivity index (χ3n) is 1.44. The number of aromatic nitrogens is 2. The molecule has 1 heterocycles. The Balaban J connectivity index is 3.15. The van der Waals surface area contributed by atoms with Crippen LogP contribution in [0.5, 0.6) is 5.88 Å². The van der Waals surface area contributed by atoms with Gasteiger partial charge in [-0.1, -0.05) is 0 Å². The first-order valence-electron chi connectivity index (χ1n) is 4.01. The molecule has 17 heavy (non-hydrogen) atoms. The smallest absolute Gasteiger partial charge is 0.388 e. The molecule has 1 aromatic rings. The van der Waals surface area contributed by atoms with Gasteiger partial charge in [0, 0.05) is 13.1 Å². The first-order valence-corrected chi connectivity index (χ1v) is 4.01. The summed E-state index contributed by atoms with van der Waals surface area (Å²) in [6, 6.07) is 0.0638. The van der Waals surface area contributed by atoms with E-state index in [1.54, 1.807) is 0 Å². The maximum Gasteiger partial charge on any atom is 0.574 e. The van der Waals surface area contributed by atoms with Crippen LogP contribution in [0.2, 0.25) is 0 Å². The van der Waals surface area contributed by atoms with E-state index in [0.717, 1.165) is 7.05 Å². The van der Waals surface area contributed by atoms with Crippen LogP contribution in [0.3, 0.4) is 0 Å². The summed E-state index contributed by atoms with van der Waals surface area (Å²) < 4.78 is 75.5. The molecule has 1 N–H and O–H groups in total. The zero-order valence-electron chi connectivity index (χ0n) is 8.15. The average Bonchev–Trinajstić information content (AvgIpc) is 2.13. The number of hydrogen-bond donors (Lipinski definition) is 1. The van der Waals surface area contributed by atoms with Gasteiger partial charge in [0.15, 0.2) is 5.69 Å². The third kappa shape index (κ3) is 3.96. The van der Waals surface area contributed by atoms with Crippen molar-refractivity contribution in [3.8, 4) is 5.88 Å². The van der Waals surface area contributed by atoms with Crippen molar-refractivity contribution < 1.29 is 31.1 Å². The summed E-state index contributed by atoms with van der Waals surface area (Å²) in [7, 11) is 1.16. The number of anilines is 1. The van der Waals surface area contributed by atoms with Crippen molar-refractivity contribution in [1.29, 1.82) is 0 Å². The standard InChI is InChI=1S/C7H5F6N3O/c1-14-5-15-3(6(8,9)10)2-4(16-5)17-7(11,12)13/h2H,1H3,(H,14,15,16). The van der Waals surface area contributed by atoms with E-state index in [1.165, 1.54) is 0 Å². The predicted molar refractivity (Wildman–Crippen MR) is 43.3 cm³/mol. The Labute approximate surface area is 90.6 Å². The number of nitrogens with one attached hydrogen (secondary N) is 1. The van der Waals surface area contributed by atoms with E-state index in [9.17, 15) is 26.3 Å². The number of rotatable bonds is 2. The largest absolute Gasteiger partial charge is 0.574 e. The maximum atomic E-state index is 12.3. The summed E-state index contributed by atoms with van der Waals surface area (Å²) in [6.07, 6.45) is -10.0. The number of alkyl halides is 6. The van der Waals surface area contributed by atoms with Crippen molar-refractivity contribution in [1.82, 2.24) is 9.97 Å². The van der Waals surface area contributed by atoms with Crippen molar-refractivity contribution in [2.75, 3.05) is 12.4 Å². The molecule has 96 valence electrons. The van der Waals surface area contributed by atoms with Gasteiger partial charge in [-0.05, 0) is 0 Å². The van der Waals surface area contributed by atoms with Gasteiger partial charge in [-0.3, -0.25) is 0 Å². The fraction of sp³-hybridized carbons (Fsp3) is 0.429. The van der Waals surface area contributed by atoms with Crippen LogP contribution < -0.4 is 10.1 Å². The van der Waals surface area contributed by atoms with Crippen molar-refractivity contribution in [3.63, 3.8) is 0 Å². The molecule has 0 saturated heterocycles. The van der Waals surface area contributed by atoms with E-state index < -0.39 is 30.1 Å². The third-order valence-corrected chi connectivity index (χ3v) is 1.44. The highest BCUT2D eigenvalue weighted by atomic mass is 19.4. The SMILES string of the molecule is CNc1nc(OC(F)(F)F)cc(C(F)(F)F)n1. The Morgan fingerprint density at radius 2 is 1.71 bits per heavy atom. The van der Waals surface area contributed by atoms with E-state index >= 15 is 0 Å².